The molecule has 2 amide bonds. The van der Waals surface area contributed by atoms with Crippen LogP contribution in [0.2, 0.25) is 0 Å². The lowest BCUT2D eigenvalue weighted by Gasteiger charge is -2.69. The zero-order valence-corrected chi connectivity index (χ0v) is 46.6. The molecule has 3 unspecified atom stereocenters. The van der Waals surface area contributed by atoms with Crippen LogP contribution in [0.1, 0.15) is 132 Å². The largest absolute Gasteiger partial charge is 0.459 e. The fourth-order valence-corrected chi connectivity index (χ4v) is 12.8. The van der Waals surface area contributed by atoms with Gasteiger partial charge in [0.05, 0.1) is 35.6 Å². The Kier molecular flexibility index (Phi) is 19.2. The molecule has 3 aliphatic carbocycles. The van der Waals surface area contributed by atoms with E-state index in [1.54, 1.807) is 99.6 Å². The van der Waals surface area contributed by atoms with Gasteiger partial charge < -0.3 is 54.6 Å². The highest BCUT2D eigenvalue weighted by Gasteiger charge is 2.79. The summed E-state index contributed by atoms with van der Waals surface area (Å²) in [6.45, 7) is 10.2. The monoisotopic (exact) mass is 1110 g/mol. The number of benzene rings is 3. The lowest BCUT2D eigenvalue weighted by Crippen LogP contribution is -2.83. The number of hydrogen-bond acceptors (Lipinski definition) is 18. The van der Waals surface area contributed by atoms with Gasteiger partial charge in [-0.05, 0) is 83.0 Å². The zero-order chi connectivity index (χ0) is 58.3. The van der Waals surface area contributed by atoms with Gasteiger partial charge in [-0.2, -0.15) is 0 Å². The molecule has 80 heavy (non-hydrogen) atoms. The standard InChI is InChI=1S/C60H75N3O17/c1-34-42(77-56(73)50(48(38-21-12-9-13-22-38)63-54(71)39-23-14-10-15-24-39)78-46(69)29-20-28-45(68)62-41(35(2)64)27-18-19-30-61-8)32-60(74)53(79-55(72)40-25-16-11-17-26-40)51-58(7,43(67)31-44-59(51,33-75-44)80-37(4)66)52(70)49(76-36(3)65)47(34)57(60,5)6/h9-17,21-26,34,41-44,47-51,53,61,67,74H,18-20,27-33H2,1-8H3,(H,62,68)(H,63,71)/t34?,41?,42?,43-,44+,47-,48-,49+,50+,51-,53-,58+,59-,60+/m1/s1. The summed E-state index contributed by atoms with van der Waals surface area (Å²) in [5, 5.41) is 35.0. The van der Waals surface area contributed by atoms with E-state index in [1.165, 1.54) is 26.0 Å². The second-order valence-electron chi connectivity index (χ2n) is 22.5. The van der Waals surface area contributed by atoms with Crippen LogP contribution in [0, 0.1) is 28.6 Å². The third-order valence-corrected chi connectivity index (χ3v) is 17.1. The second-order valence-corrected chi connectivity index (χ2v) is 22.5. The second kappa shape index (κ2) is 25.3. The Labute approximate surface area is 465 Å². The summed E-state index contributed by atoms with van der Waals surface area (Å²) in [4.78, 5) is 126. The molecule has 1 saturated heterocycles. The highest BCUT2D eigenvalue weighted by atomic mass is 16.6. The van der Waals surface area contributed by atoms with Gasteiger partial charge in [-0.15, -0.1) is 0 Å². The number of unbranched alkanes of at least 4 members (excludes halogenated alkanes) is 1. The Morgan fingerprint density at radius 1 is 0.775 bits per heavy atom. The third-order valence-electron chi connectivity index (χ3n) is 17.1. The van der Waals surface area contributed by atoms with E-state index in [2.05, 4.69) is 16.0 Å². The molecule has 3 aromatic rings. The van der Waals surface area contributed by atoms with Crippen molar-refractivity contribution in [3.8, 4) is 0 Å². The normalized spacial score (nSPS) is 29.4. The van der Waals surface area contributed by atoms with E-state index in [0.717, 1.165) is 26.8 Å². The van der Waals surface area contributed by atoms with Crippen molar-refractivity contribution in [1.29, 1.82) is 0 Å². The quantitative estimate of drug-likeness (QED) is 0.0510. The fourth-order valence-electron chi connectivity index (χ4n) is 12.8. The molecule has 7 rings (SSSR count). The van der Waals surface area contributed by atoms with Crippen molar-refractivity contribution in [3.63, 3.8) is 0 Å². The smallest absolute Gasteiger partial charge is 0.350 e. The summed E-state index contributed by atoms with van der Waals surface area (Å²) in [5.74, 6) is -11.1. The summed E-state index contributed by atoms with van der Waals surface area (Å²) in [6.07, 6.45) is -9.44. The van der Waals surface area contributed by atoms with Crippen molar-refractivity contribution in [2.24, 2.45) is 28.6 Å². The van der Waals surface area contributed by atoms with Gasteiger partial charge in [0.25, 0.3) is 5.91 Å². The number of aliphatic hydroxyl groups excluding tert-OH is 1. The highest BCUT2D eigenvalue weighted by Crippen LogP contribution is 2.65. The first-order chi connectivity index (χ1) is 37.9. The number of ketones is 2. The van der Waals surface area contributed by atoms with Crippen LogP contribution in [0.4, 0.5) is 0 Å². The number of fused-ring (bicyclic) bond motifs is 5. The van der Waals surface area contributed by atoms with Gasteiger partial charge in [0.15, 0.2) is 23.3 Å². The number of hydrogen-bond donors (Lipinski definition) is 5. The van der Waals surface area contributed by atoms with Crippen LogP contribution in [-0.2, 0) is 62.0 Å². The van der Waals surface area contributed by atoms with Gasteiger partial charge in [-0.1, -0.05) is 87.5 Å². The number of rotatable bonds is 22. The van der Waals surface area contributed by atoms with Crippen LogP contribution in [-0.4, -0.2) is 138 Å². The fraction of sp³-hybridized carbons (Fsp3) is 0.550. The maximum Gasteiger partial charge on any atom is 0.350 e. The highest BCUT2D eigenvalue weighted by molar-refractivity contribution is 5.95. The van der Waals surface area contributed by atoms with Crippen LogP contribution < -0.4 is 16.0 Å². The average Bonchev–Trinajstić information content (AvgIpc) is 3.15. The van der Waals surface area contributed by atoms with Crippen LogP contribution in [0.25, 0.3) is 0 Å². The van der Waals surface area contributed by atoms with Gasteiger partial charge >= 0.3 is 29.8 Å². The molecule has 1 heterocycles. The minimum absolute atomic E-state index is 0.0376. The number of nitrogens with one attached hydrogen (secondary N) is 3. The summed E-state index contributed by atoms with van der Waals surface area (Å²) in [6, 6.07) is 21.8. The molecular formula is C60H75N3O17. The van der Waals surface area contributed by atoms with E-state index >= 15 is 9.59 Å². The average molecular weight is 1110 g/mol. The lowest BCUT2D eigenvalue weighted by atomic mass is 9.42. The Bertz CT molecular complexity index is 2760. The molecular weight excluding hydrogens is 1030 g/mol. The minimum Gasteiger partial charge on any atom is -0.459 e. The van der Waals surface area contributed by atoms with E-state index in [9.17, 15) is 43.8 Å². The molecule has 5 N–H and O–H groups in total. The van der Waals surface area contributed by atoms with Crippen molar-refractivity contribution in [2.45, 2.75) is 160 Å². The van der Waals surface area contributed by atoms with Crippen molar-refractivity contribution < 1.29 is 81.8 Å². The first-order valence-electron chi connectivity index (χ1n) is 27.4. The van der Waals surface area contributed by atoms with Gasteiger partial charge in [-0.25, -0.2) is 9.59 Å². The van der Waals surface area contributed by atoms with Crippen LogP contribution in [0.3, 0.4) is 0 Å². The minimum atomic E-state index is -2.45. The number of carbonyl (C=O) groups is 9. The Morgan fingerprint density at radius 2 is 1.40 bits per heavy atom. The maximum atomic E-state index is 15.9. The van der Waals surface area contributed by atoms with Gasteiger partial charge in [0.2, 0.25) is 12.0 Å². The van der Waals surface area contributed by atoms with E-state index < -0.39 is 149 Å². The Morgan fingerprint density at radius 3 is 1.98 bits per heavy atom. The van der Waals surface area contributed by atoms with E-state index in [0.29, 0.717) is 18.4 Å². The Hall–Kier alpha value is -6.87. The number of carbonyl (C=O) groups excluding carboxylic acids is 9. The SMILES string of the molecule is CNCCCCC(NC(=O)CCCC(=O)O[C@H](C(=O)OC1C[C@]2(O)[C@H](OC(=O)c3ccccc3)[C@H]3[C@@]4(OC(C)=O)CO[C@H]4C[C@@H](O)[C@]3(C)C(=O)[C@@H](OC(C)=O)[C@@H](C1C)C2(C)C)[C@H](NC(=O)c1ccccc1)c1ccccc1)C(C)=O. The molecule has 3 saturated carbocycles. The zero-order valence-electron chi connectivity index (χ0n) is 46.6. The third kappa shape index (κ3) is 12.4. The number of aliphatic hydroxyl groups is 2. The molecule has 2 bridgehead atoms. The van der Waals surface area contributed by atoms with Crippen molar-refractivity contribution in [2.75, 3.05) is 20.2 Å². The van der Waals surface area contributed by atoms with Crippen LogP contribution in [0.15, 0.2) is 91.0 Å². The first kappa shape index (κ1) is 60.8. The molecule has 0 radical (unpaired) electrons. The van der Waals surface area contributed by atoms with Crippen molar-refractivity contribution in [1.82, 2.24) is 16.0 Å². The molecule has 0 aromatic heterocycles. The molecule has 0 spiro atoms. The van der Waals surface area contributed by atoms with Gasteiger partial charge in [-0.3, -0.25) is 33.6 Å². The van der Waals surface area contributed by atoms with Crippen molar-refractivity contribution >= 4 is 53.2 Å². The molecule has 432 valence electrons. The number of ether oxygens (including phenoxy) is 6. The molecule has 1 aliphatic heterocycles. The molecule has 4 aliphatic rings. The topological polar surface area (TPSA) is 286 Å². The molecule has 4 fully saturated rings. The number of Topliss-reactive ketones (excluding diaryl/α,β-unsaturated/α-hetero) is 2. The molecule has 3 aromatic carbocycles. The number of esters is 5. The first-order valence-corrected chi connectivity index (χ1v) is 27.4. The lowest BCUT2D eigenvalue weighted by molar-refractivity contribution is -0.355. The number of amides is 2. The summed E-state index contributed by atoms with van der Waals surface area (Å²) in [7, 11) is 1.82. The summed E-state index contributed by atoms with van der Waals surface area (Å²) >= 11 is 0. The van der Waals surface area contributed by atoms with Crippen molar-refractivity contribution in [3.05, 3.63) is 108 Å². The summed E-state index contributed by atoms with van der Waals surface area (Å²) in [5.41, 5.74) is -7.49. The maximum absolute atomic E-state index is 15.9. The predicted molar refractivity (Wildman–Crippen MR) is 286 cm³/mol. The van der Waals surface area contributed by atoms with Crippen LogP contribution >= 0.6 is 0 Å². The van der Waals surface area contributed by atoms with E-state index in [4.69, 9.17) is 28.4 Å². The molecule has 14 atom stereocenters. The molecule has 20 heteroatoms. The Balaban J connectivity index is 1.31. The molecule has 20 nitrogen and oxygen atoms in total. The van der Waals surface area contributed by atoms with Crippen LogP contribution in [0.5, 0.6) is 0 Å². The van der Waals surface area contributed by atoms with Gasteiger partial charge in [0.1, 0.15) is 30.0 Å². The van der Waals surface area contributed by atoms with Gasteiger partial charge in [0, 0.05) is 62.3 Å². The van der Waals surface area contributed by atoms with E-state index in [-0.39, 0.29) is 42.8 Å². The predicted octanol–water partition coefficient (Wildman–Crippen LogP) is 4.86. The van der Waals surface area contributed by atoms with E-state index in [1.807, 2.05) is 7.05 Å². The summed E-state index contributed by atoms with van der Waals surface area (Å²) < 4.78 is 37.1.